The summed E-state index contributed by atoms with van der Waals surface area (Å²) >= 11 is 7.47. The summed E-state index contributed by atoms with van der Waals surface area (Å²) in [6.07, 6.45) is 0. The lowest BCUT2D eigenvalue weighted by Gasteiger charge is -2.26. The van der Waals surface area contributed by atoms with Crippen molar-refractivity contribution in [2.24, 2.45) is 0 Å². The molecule has 1 aromatic carbocycles. The molecule has 1 saturated heterocycles. The summed E-state index contributed by atoms with van der Waals surface area (Å²) in [7, 11) is 0. The van der Waals surface area contributed by atoms with Crippen molar-refractivity contribution >= 4 is 23.4 Å². The second-order valence-electron chi connectivity index (χ2n) is 6.33. The van der Waals surface area contributed by atoms with E-state index in [4.69, 9.17) is 20.8 Å². The molecular weight excluding hydrogens is 400 g/mol. The van der Waals surface area contributed by atoms with Gasteiger partial charge in [0.05, 0.1) is 25.5 Å². The van der Waals surface area contributed by atoms with Crippen LogP contribution in [0.2, 0.25) is 5.02 Å². The second-order valence-corrected chi connectivity index (χ2v) is 7.71. The molecule has 0 spiro atoms. The van der Waals surface area contributed by atoms with Gasteiger partial charge in [-0.3, -0.25) is 4.90 Å². The summed E-state index contributed by atoms with van der Waals surface area (Å²) in [5.41, 5.74) is 0.845. The first-order chi connectivity index (χ1) is 13.7. The number of halogens is 1. The number of hydrogen-bond acceptors (Lipinski definition) is 8. The van der Waals surface area contributed by atoms with Gasteiger partial charge in [-0.15, -0.1) is 20.4 Å². The molecule has 0 N–H and O–H groups in total. The van der Waals surface area contributed by atoms with Gasteiger partial charge in [-0.1, -0.05) is 23.4 Å². The molecule has 0 amide bonds. The highest BCUT2D eigenvalue weighted by molar-refractivity contribution is 7.98. The maximum atomic E-state index is 5.92. The normalized spacial score (nSPS) is 15.2. The number of morpholine rings is 1. The van der Waals surface area contributed by atoms with Crippen molar-refractivity contribution in [2.45, 2.75) is 30.9 Å². The van der Waals surface area contributed by atoms with Gasteiger partial charge in [0.2, 0.25) is 11.8 Å². The molecule has 1 aliphatic rings. The van der Waals surface area contributed by atoms with Crippen LogP contribution in [0.5, 0.6) is 0 Å². The Kier molecular flexibility index (Phi) is 6.26. The number of ether oxygens (including phenoxy) is 1. The molecule has 0 aliphatic carbocycles. The maximum absolute atomic E-state index is 5.92. The first kappa shape index (κ1) is 19.4. The van der Waals surface area contributed by atoms with Crippen molar-refractivity contribution in [2.75, 3.05) is 26.3 Å². The lowest BCUT2D eigenvalue weighted by molar-refractivity contribution is 0.0325. The van der Waals surface area contributed by atoms with Crippen LogP contribution in [0.4, 0.5) is 0 Å². The summed E-state index contributed by atoms with van der Waals surface area (Å²) in [4.78, 5) is 2.34. The van der Waals surface area contributed by atoms with E-state index in [0.29, 0.717) is 22.6 Å². The molecule has 8 nitrogen and oxygen atoms in total. The molecule has 4 rings (SSSR count). The van der Waals surface area contributed by atoms with Crippen LogP contribution < -0.4 is 0 Å². The van der Waals surface area contributed by atoms with Crippen molar-refractivity contribution in [3.8, 4) is 11.5 Å². The molecule has 2 aromatic heterocycles. The molecular formula is C18H21ClN6O2S. The van der Waals surface area contributed by atoms with Crippen LogP contribution in [-0.4, -0.2) is 56.2 Å². The van der Waals surface area contributed by atoms with Crippen LogP contribution in [0.3, 0.4) is 0 Å². The lowest BCUT2D eigenvalue weighted by Crippen LogP contribution is -2.36. The van der Waals surface area contributed by atoms with E-state index in [1.165, 1.54) is 0 Å². The van der Waals surface area contributed by atoms with Crippen LogP contribution in [0, 0.1) is 0 Å². The molecule has 10 heteroatoms. The van der Waals surface area contributed by atoms with E-state index in [1.54, 1.807) is 23.9 Å². The van der Waals surface area contributed by atoms with E-state index in [2.05, 4.69) is 36.8 Å². The Bertz CT molecular complexity index is 907. The number of rotatable bonds is 7. The molecule has 0 unspecified atom stereocenters. The van der Waals surface area contributed by atoms with Gasteiger partial charge >= 0.3 is 0 Å². The van der Waals surface area contributed by atoms with Gasteiger partial charge in [0.25, 0.3) is 0 Å². The van der Waals surface area contributed by atoms with Crippen LogP contribution in [0.1, 0.15) is 18.6 Å². The zero-order valence-electron chi connectivity index (χ0n) is 15.5. The quantitative estimate of drug-likeness (QED) is 0.539. The van der Waals surface area contributed by atoms with E-state index in [0.717, 1.165) is 55.9 Å². The molecule has 3 aromatic rings. The summed E-state index contributed by atoms with van der Waals surface area (Å²) in [5.74, 6) is 2.54. The predicted molar refractivity (Wildman–Crippen MR) is 106 cm³/mol. The van der Waals surface area contributed by atoms with Crippen molar-refractivity contribution < 1.29 is 9.15 Å². The lowest BCUT2D eigenvalue weighted by atomic mass is 10.2. The highest BCUT2D eigenvalue weighted by Crippen LogP contribution is 2.25. The number of nitrogens with zero attached hydrogens (tertiary/aromatic N) is 6. The zero-order chi connectivity index (χ0) is 19.3. The highest BCUT2D eigenvalue weighted by Gasteiger charge is 2.18. The van der Waals surface area contributed by atoms with Gasteiger partial charge in [-0.25, -0.2) is 0 Å². The first-order valence-electron chi connectivity index (χ1n) is 9.16. The summed E-state index contributed by atoms with van der Waals surface area (Å²) in [5, 5.41) is 18.5. The molecule has 3 heterocycles. The number of hydrogen-bond donors (Lipinski definition) is 0. The average molecular weight is 421 g/mol. The number of thioether (sulfide) groups is 1. The Morgan fingerprint density at radius 2 is 1.86 bits per heavy atom. The molecule has 0 saturated carbocycles. The van der Waals surface area contributed by atoms with Crippen molar-refractivity contribution in [1.29, 1.82) is 0 Å². The second kappa shape index (κ2) is 9.04. The summed E-state index contributed by atoms with van der Waals surface area (Å²) in [6.45, 7) is 7.09. The molecule has 0 bridgehead atoms. The SMILES string of the molecule is CCn1c(CN2CCOCC2)nnc1SCc1nnc(-c2ccc(Cl)cc2)o1. The molecule has 148 valence electrons. The topological polar surface area (TPSA) is 82.1 Å². The first-order valence-corrected chi connectivity index (χ1v) is 10.5. The van der Waals surface area contributed by atoms with Crippen molar-refractivity contribution in [1.82, 2.24) is 29.9 Å². The van der Waals surface area contributed by atoms with Gasteiger partial charge in [0.15, 0.2) is 5.16 Å². The Morgan fingerprint density at radius 3 is 2.61 bits per heavy atom. The van der Waals surface area contributed by atoms with E-state index in [1.807, 2.05) is 12.1 Å². The zero-order valence-corrected chi connectivity index (χ0v) is 17.1. The fourth-order valence-corrected chi connectivity index (χ4v) is 3.95. The molecule has 0 radical (unpaired) electrons. The minimum absolute atomic E-state index is 0.484. The third kappa shape index (κ3) is 4.54. The van der Waals surface area contributed by atoms with E-state index in [-0.39, 0.29) is 0 Å². The minimum atomic E-state index is 0.484. The Balaban J connectivity index is 1.40. The number of benzene rings is 1. The van der Waals surface area contributed by atoms with Gasteiger partial charge in [-0.2, -0.15) is 0 Å². The van der Waals surface area contributed by atoms with Gasteiger partial charge < -0.3 is 13.7 Å². The average Bonchev–Trinajstić information content (AvgIpc) is 3.34. The van der Waals surface area contributed by atoms with Crippen LogP contribution in [0.15, 0.2) is 33.8 Å². The van der Waals surface area contributed by atoms with E-state index >= 15 is 0 Å². The Morgan fingerprint density at radius 1 is 1.07 bits per heavy atom. The molecule has 28 heavy (non-hydrogen) atoms. The number of aromatic nitrogens is 5. The highest BCUT2D eigenvalue weighted by atomic mass is 35.5. The molecule has 1 aliphatic heterocycles. The van der Waals surface area contributed by atoms with Gasteiger partial charge in [-0.05, 0) is 31.2 Å². The van der Waals surface area contributed by atoms with Crippen LogP contribution >= 0.6 is 23.4 Å². The van der Waals surface area contributed by atoms with Crippen LogP contribution in [0.25, 0.3) is 11.5 Å². The Hall–Kier alpha value is -1.94. The van der Waals surface area contributed by atoms with Crippen LogP contribution in [-0.2, 0) is 23.6 Å². The van der Waals surface area contributed by atoms with E-state index < -0.39 is 0 Å². The smallest absolute Gasteiger partial charge is 0.247 e. The fraction of sp³-hybridized carbons (Fsp3) is 0.444. The summed E-state index contributed by atoms with van der Waals surface area (Å²) in [6, 6.07) is 7.32. The van der Waals surface area contributed by atoms with Gasteiger partial charge in [0, 0.05) is 30.2 Å². The standard InChI is InChI=1S/C18H21ClN6O2S/c1-2-25-15(11-24-7-9-26-10-8-24)20-23-18(25)28-12-16-21-22-17(27-16)13-3-5-14(19)6-4-13/h3-6H,2,7-12H2,1H3. The third-order valence-electron chi connectivity index (χ3n) is 4.46. The van der Waals surface area contributed by atoms with Crippen molar-refractivity contribution in [3.63, 3.8) is 0 Å². The van der Waals surface area contributed by atoms with Gasteiger partial charge in [0.1, 0.15) is 5.82 Å². The van der Waals surface area contributed by atoms with E-state index in [9.17, 15) is 0 Å². The summed E-state index contributed by atoms with van der Waals surface area (Å²) < 4.78 is 13.3. The minimum Gasteiger partial charge on any atom is -0.420 e. The Labute approximate surface area is 172 Å². The fourth-order valence-electron chi connectivity index (χ4n) is 2.97. The van der Waals surface area contributed by atoms with Crippen molar-refractivity contribution in [3.05, 3.63) is 41.0 Å². The largest absolute Gasteiger partial charge is 0.420 e. The molecule has 0 atom stereocenters. The molecule has 1 fully saturated rings. The maximum Gasteiger partial charge on any atom is 0.247 e. The predicted octanol–water partition coefficient (Wildman–Crippen LogP) is 3.13. The third-order valence-corrected chi connectivity index (χ3v) is 5.66. The monoisotopic (exact) mass is 420 g/mol.